The number of hydrogen-bond donors (Lipinski definition) is 5. The van der Waals surface area contributed by atoms with Crippen molar-refractivity contribution in [3.05, 3.63) is 24.3 Å². The number of phosphoric ester groups is 1. The Balaban J connectivity index is 2.82. The molecular formula is C6H9O11P3. The summed E-state index contributed by atoms with van der Waals surface area (Å²) in [6.45, 7) is 0. The smallest absolute Gasteiger partial charge is 0.508 e. The number of phenols is 1. The number of hydrogen-bond acceptors (Lipinski definition) is 7. The predicted octanol–water partition coefficient (Wildman–Crippen LogP) is 1.10. The van der Waals surface area contributed by atoms with E-state index in [9.17, 15) is 13.7 Å². The molecule has 1 aromatic rings. The van der Waals surface area contributed by atoms with Crippen LogP contribution in [0.4, 0.5) is 0 Å². The van der Waals surface area contributed by atoms with E-state index in [0.29, 0.717) is 0 Å². The lowest BCUT2D eigenvalue weighted by molar-refractivity contribution is 0.207. The molecule has 0 radical (unpaired) electrons. The Hall–Kier alpha value is -0.730. The van der Waals surface area contributed by atoms with Gasteiger partial charge in [-0.1, -0.05) is 6.07 Å². The molecule has 0 saturated heterocycles. The Bertz CT molecular complexity index is 620. The third kappa shape index (κ3) is 6.62. The fourth-order valence-electron chi connectivity index (χ4n) is 0.970. The molecule has 5 N–H and O–H groups in total. The molecule has 0 heterocycles. The quantitative estimate of drug-likeness (QED) is 0.463. The SMILES string of the molecule is O=P(O)(O)OP(=O)(O)OP(=O)(O)Oc1cccc(O)c1. The third-order valence-electron chi connectivity index (χ3n) is 1.45. The first-order chi connectivity index (χ1) is 8.89. The average molecular weight is 350 g/mol. The zero-order valence-electron chi connectivity index (χ0n) is 9.34. The van der Waals surface area contributed by atoms with E-state index in [4.69, 9.17) is 24.7 Å². The summed E-state index contributed by atoms with van der Waals surface area (Å²) in [5.41, 5.74) is 0. The minimum Gasteiger partial charge on any atom is -0.508 e. The molecule has 0 saturated carbocycles. The molecule has 0 aliphatic rings. The lowest BCUT2D eigenvalue weighted by Crippen LogP contribution is -1.98. The summed E-state index contributed by atoms with van der Waals surface area (Å²) in [6.07, 6.45) is 0. The normalized spacial score (nSPS) is 18.0. The van der Waals surface area contributed by atoms with Gasteiger partial charge in [0.05, 0.1) is 0 Å². The number of phenolic OH excluding ortho intramolecular Hbond substituents is 1. The molecule has 14 heteroatoms. The number of benzene rings is 1. The molecule has 2 atom stereocenters. The van der Waals surface area contributed by atoms with Crippen LogP contribution in [0, 0.1) is 0 Å². The Morgan fingerprint density at radius 3 is 2.00 bits per heavy atom. The zero-order valence-corrected chi connectivity index (χ0v) is 12.0. The molecule has 2 unspecified atom stereocenters. The third-order valence-corrected chi connectivity index (χ3v) is 5.22. The lowest BCUT2D eigenvalue weighted by atomic mass is 10.3. The minimum absolute atomic E-state index is 0.332. The molecule has 0 aromatic heterocycles. The van der Waals surface area contributed by atoms with Crippen LogP contribution in [-0.2, 0) is 22.3 Å². The molecule has 11 nitrogen and oxygen atoms in total. The van der Waals surface area contributed by atoms with Gasteiger partial charge in [-0.2, -0.15) is 8.62 Å². The highest BCUT2D eigenvalue weighted by Gasteiger charge is 2.41. The van der Waals surface area contributed by atoms with Crippen molar-refractivity contribution in [2.75, 3.05) is 0 Å². The van der Waals surface area contributed by atoms with Crippen LogP contribution in [0.5, 0.6) is 11.5 Å². The van der Waals surface area contributed by atoms with Crippen molar-refractivity contribution < 1.29 is 51.5 Å². The topological polar surface area (TPSA) is 180 Å². The van der Waals surface area contributed by atoms with Gasteiger partial charge in [-0.3, -0.25) is 4.89 Å². The molecule has 0 amide bonds. The lowest BCUT2D eigenvalue weighted by Gasteiger charge is -2.16. The van der Waals surface area contributed by atoms with Crippen molar-refractivity contribution >= 4 is 23.5 Å². The molecule has 1 rings (SSSR count). The fourth-order valence-corrected chi connectivity index (χ4v) is 3.99. The molecule has 0 aliphatic carbocycles. The van der Waals surface area contributed by atoms with Crippen LogP contribution in [-0.4, -0.2) is 24.7 Å². The highest BCUT2D eigenvalue weighted by molar-refractivity contribution is 7.66. The van der Waals surface area contributed by atoms with E-state index >= 15 is 0 Å². The van der Waals surface area contributed by atoms with Crippen LogP contribution in [0.25, 0.3) is 0 Å². The second-order valence-electron chi connectivity index (χ2n) is 3.18. The van der Waals surface area contributed by atoms with Gasteiger partial charge in [0, 0.05) is 6.07 Å². The van der Waals surface area contributed by atoms with E-state index in [0.717, 1.165) is 12.1 Å². The zero-order chi connectivity index (χ0) is 15.6. The van der Waals surface area contributed by atoms with E-state index in [1.54, 1.807) is 0 Å². The Morgan fingerprint density at radius 2 is 1.50 bits per heavy atom. The predicted molar refractivity (Wildman–Crippen MR) is 62.6 cm³/mol. The van der Waals surface area contributed by atoms with Crippen LogP contribution in [0.3, 0.4) is 0 Å². The molecule has 0 spiro atoms. The first-order valence-electron chi connectivity index (χ1n) is 4.51. The van der Waals surface area contributed by atoms with Gasteiger partial charge in [0.2, 0.25) is 0 Å². The first kappa shape index (κ1) is 17.3. The minimum atomic E-state index is -5.55. The van der Waals surface area contributed by atoms with Crippen molar-refractivity contribution in [2.24, 2.45) is 0 Å². The Morgan fingerprint density at radius 1 is 0.900 bits per heavy atom. The summed E-state index contributed by atoms with van der Waals surface area (Å²) in [5.74, 6) is -0.729. The number of aromatic hydroxyl groups is 1. The summed E-state index contributed by atoms with van der Waals surface area (Å²) in [4.78, 5) is 34.6. The van der Waals surface area contributed by atoms with Crippen LogP contribution < -0.4 is 4.52 Å². The maximum absolute atomic E-state index is 11.4. The molecule has 0 aliphatic heterocycles. The van der Waals surface area contributed by atoms with E-state index in [1.807, 2.05) is 0 Å². The summed E-state index contributed by atoms with van der Waals surface area (Å²) < 4.78 is 44.0. The van der Waals surface area contributed by atoms with Crippen molar-refractivity contribution in [1.29, 1.82) is 0 Å². The van der Waals surface area contributed by atoms with Gasteiger partial charge >= 0.3 is 23.5 Å². The highest BCUT2D eigenvalue weighted by atomic mass is 31.3. The molecule has 20 heavy (non-hydrogen) atoms. The van der Waals surface area contributed by atoms with Crippen molar-refractivity contribution in [3.8, 4) is 11.5 Å². The van der Waals surface area contributed by atoms with Gasteiger partial charge in [-0.25, -0.2) is 13.7 Å². The van der Waals surface area contributed by atoms with E-state index in [1.165, 1.54) is 12.1 Å². The van der Waals surface area contributed by atoms with Gasteiger partial charge in [-0.05, 0) is 12.1 Å². The fraction of sp³-hybridized carbons (Fsp3) is 0. The summed E-state index contributed by atoms with van der Waals surface area (Å²) in [6, 6.07) is 4.44. The van der Waals surface area contributed by atoms with Crippen molar-refractivity contribution in [3.63, 3.8) is 0 Å². The van der Waals surface area contributed by atoms with E-state index in [2.05, 4.69) is 13.1 Å². The van der Waals surface area contributed by atoms with Gasteiger partial charge < -0.3 is 24.3 Å². The average Bonchev–Trinajstić information content (AvgIpc) is 2.08. The second-order valence-corrected chi connectivity index (χ2v) is 7.52. The van der Waals surface area contributed by atoms with Crippen molar-refractivity contribution in [1.82, 2.24) is 0 Å². The van der Waals surface area contributed by atoms with Gasteiger partial charge in [0.25, 0.3) is 0 Å². The monoisotopic (exact) mass is 350 g/mol. The molecule has 114 valence electrons. The van der Waals surface area contributed by atoms with E-state index in [-0.39, 0.29) is 5.75 Å². The van der Waals surface area contributed by atoms with Crippen LogP contribution >= 0.6 is 23.5 Å². The largest absolute Gasteiger partial charge is 0.536 e. The molecular weight excluding hydrogens is 341 g/mol. The van der Waals surface area contributed by atoms with Gasteiger partial charge in [0.15, 0.2) is 0 Å². The van der Waals surface area contributed by atoms with Crippen LogP contribution in [0.1, 0.15) is 0 Å². The van der Waals surface area contributed by atoms with Crippen LogP contribution in [0.15, 0.2) is 24.3 Å². The van der Waals surface area contributed by atoms with E-state index < -0.39 is 29.2 Å². The second kappa shape index (κ2) is 5.95. The molecule has 0 bridgehead atoms. The Kier molecular flexibility index (Phi) is 5.15. The maximum Gasteiger partial charge on any atom is 0.536 e. The first-order valence-corrected chi connectivity index (χ1v) is 9.03. The summed E-state index contributed by atoms with van der Waals surface area (Å²) >= 11 is 0. The van der Waals surface area contributed by atoms with Gasteiger partial charge in [-0.15, -0.1) is 0 Å². The molecule has 1 aromatic carbocycles. The summed E-state index contributed by atoms with van der Waals surface area (Å²) in [5, 5.41) is 9.07. The Labute approximate surface area is 111 Å². The number of rotatable bonds is 6. The highest BCUT2D eigenvalue weighted by Crippen LogP contribution is 2.66. The standard InChI is InChI=1S/C6H9O11P3/c7-5-2-1-3-6(4-5)15-19(11,12)17-20(13,14)16-18(8,9)10/h1-4,7H,(H,11,12)(H,13,14)(H2,8,9,10). The van der Waals surface area contributed by atoms with Crippen molar-refractivity contribution in [2.45, 2.75) is 0 Å². The summed E-state index contributed by atoms with van der Waals surface area (Å²) in [7, 11) is -16.2. The number of phosphoric acid groups is 3. The molecule has 0 fully saturated rings. The maximum atomic E-state index is 11.4. The van der Waals surface area contributed by atoms with Gasteiger partial charge in [0.1, 0.15) is 11.5 Å². The van der Waals surface area contributed by atoms with Crippen LogP contribution in [0.2, 0.25) is 0 Å².